The maximum atomic E-state index is 13.8. The van der Waals surface area contributed by atoms with Crippen LogP contribution in [0.1, 0.15) is 55.6 Å². The van der Waals surface area contributed by atoms with E-state index in [9.17, 15) is 18.0 Å². The third kappa shape index (κ3) is 9.61. The Hall–Kier alpha value is -3.48. The van der Waals surface area contributed by atoms with E-state index in [1.165, 1.54) is 28.4 Å². The fourth-order valence-electron chi connectivity index (χ4n) is 3.94. The molecule has 2 aromatic carbocycles. The molecule has 0 spiro atoms. The van der Waals surface area contributed by atoms with Gasteiger partial charge in [-0.25, -0.2) is 9.78 Å². The zero-order chi connectivity index (χ0) is 29.5. The number of carbonyl (C=O) groups is 2. The zero-order valence-electron chi connectivity index (χ0n) is 23.2. The number of amides is 2. The molecule has 3 N–H and O–H groups in total. The van der Waals surface area contributed by atoms with Crippen LogP contribution in [-0.2, 0) is 39.1 Å². The van der Waals surface area contributed by atoms with Crippen LogP contribution in [0.25, 0.3) is 0 Å². The second kappa shape index (κ2) is 13.2. The number of benzene rings is 2. The van der Waals surface area contributed by atoms with Crippen LogP contribution in [0, 0.1) is 0 Å². The van der Waals surface area contributed by atoms with Crippen molar-refractivity contribution in [2.75, 3.05) is 11.8 Å². The van der Waals surface area contributed by atoms with Crippen LogP contribution in [-0.4, -0.2) is 53.5 Å². The van der Waals surface area contributed by atoms with Gasteiger partial charge in [0, 0.05) is 18.8 Å². The molecule has 2 atom stereocenters. The summed E-state index contributed by atoms with van der Waals surface area (Å²) in [6.07, 6.45) is 0.782. The Balaban J connectivity index is 1.89. The first-order valence-corrected chi connectivity index (χ1v) is 15.1. The van der Waals surface area contributed by atoms with Crippen LogP contribution in [0.4, 0.5) is 10.5 Å². The molecular formula is C28H36N4O6S2. The van der Waals surface area contributed by atoms with Crippen LogP contribution in [0.2, 0.25) is 0 Å². The van der Waals surface area contributed by atoms with E-state index in [4.69, 9.17) is 9.29 Å². The fourth-order valence-corrected chi connectivity index (χ4v) is 5.17. The van der Waals surface area contributed by atoms with E-state index in [1.54, 1.807) is 40.0 Å². The summed E-state index contributed by atoms with van der Waals surface area (Å²) in [7, 11) is -2.84. The predicted octanol–water partition coefficient (Wildman–Crippen LogP) is 4.80. The highest BCUT2D eigenvalue weighted by atomic mass is 32.2. The largest absolute Gasteiger partial charge is 0.444 e. The van der Waals surface area contributed by atoms with E-state index < -0.39 is 34.1 Å². The topological polar surface area (TPSA) is 138 Å². The van der Waals surface area contributed by atoms with E-state index in [1.807, 2.05) is 47.4 Å². The number of carbonyl (C=O) groups excluding carboxylic acids is 2. The van der Waals surface area contributed by atoms with E-state index >= 15 is 0 Å². The van der Waals surface area contributed by atoms with Gasteiger partial charge in [-0.1, -0.05) is 49.4 Å². The Morgan fingerprint density at radius 2 is 1.68 bits per heavy atom. The molecule has 3 aromatic rings. The van der Waals surface area contributed by atoms with E-state index in [2.05, 4.69) is 10.3 Å². The van der Waals surface area contributed by atoms with Crippen molar-refractivity contribution in [2.24, 2.45) is 0 Å². The monoisotopic (exact) mass is 588 g/mol. The lowest BCUT2D eigenvalue weighted by Crippen LogP contribution is -2.51. The number of anilines is 1. The lowest BCUT2D eigenvalue weighted by Gasteiger charge is -2.31. The Morgan fingerprint density at radius 1 is 1.05 bits per heavy atom. The van der Waals surface area contributed by atoms with Gasteiger partial charge >= 0.3 is 16.4 Å². The molecule has 0 fully saturated rings. The fraction of sp³-hybridized carbons (Fsp3) is 0.393. The van der Waals surface area contributed by atoms with Gasteiger partial charge in [0.1, 0.15) is 11.6 Å². The number of hydrogen-bond donors (Lipinski definition) is 3. The number of aryl methyl sites for hydroxylation is 1. The Kier molecular flexibility index (Phi) is 10.3. The van der Waals surface area contributed by atoms with Crippen LogP contribution in [0.15, 0.2) is 60.0 Å². The Bertz CT molecular complexity index is 1390. The third-order valence-corrected chi connectivity index (χ3v) is 7.41. The lowest BCUT2D eigenvalue weighted by atomic mass is 10.0. The highest BCUT2D eigenvalue weighted by molar-refractivity contribution is 7.87. The number of ether oxygens (including phenoxy) is 1. The van der Waals surface area contributed by atoms with Gasteiger partial charge in [0.05, 0.1) is 22.4 Å². The summed E-state index contributed by atoms with van der Waals surface area (Å²) in [5.74, 6) is -0.363. The summed E-state index contributed by atoms with van der Waals surface area (Å²) >= 11 is 1.50. The molecule has 0 aliphatic rings. The standard InChI is InChI=1S/C28H36N4O6S2/c1-6-25-29-23(18-39-25)22(16-20-12-14-21(15-13-20)31-40(35,36)37)30-26(33)24(17-19-10-8-7-9-11-19)32(5)27(34)38-28(2,3)4/h7-15,18,22,24,31H,6,16-17H2,1-5H3,(H,30,33)(H,35,36,37). The number of hydrogen-bond acceptors (Lipinski definition) is 7. The summed E-state index contributed by atoms with van der Waals surface area (Å²) in [6, 6.07) is 14.5. The quantitative estimate of drug-likeness (QED) is 0.274. The van der Waals surface area contributed by atoms with Crippen molar-refractivity contribution >= 4 is 39.3 Å². The first-order valence-electron chi connectivity index (χ1n) is 12.8. The molecule has 1 aromatic heterocycles. The molecule has 0 bridgehead atoms. The van der Waals surface area contributed by atoms with E-state index in [-0.39, 0.29) is 18.0 Å². The molecule has 12 heteroatoms. The highest BCUT2D eigenvalue weighted by Crippen LogP contribution is 2.24. The summed E-state index contributed by atoms with van der Waals surface area (Å²) in [5.41, 5.74) is 1.86. The molecule has 40 heavy (non-hydrogen) atoms. The van der Waals surface area contributed by atoms with E-state index in [0.717, 1.165) is 22.6 Å². The molecule has 0 aliphatic carbocycles. The second-order valence-corrected chi connectivity index (χ2v) is 12.5. The minimum Gasteiger partial charge on any atom is -0.444 e. The normalized spacial score (nSPS) is 13.2. The van der Waals surface area contributed by atoms with Gasteiger partial charge in [0.25, 0.3) is 0 Å². The van der Waals surface area contributed by atoms with Crippen LogP contribution >= 0.6 is 11.3 Å². The molecule has 10 nitrogen and oxygen atoms in total. The smallest absolute Gasteiger partial charge is 0.410 e. The Morgan fingerprint density at radius 3 is 2.23 bits per heavy atom. The van der Waals surface area contributed by atoms with Crippen molar-refractivity contribution in [1.82, 2.24) is 15.2 Å². The number of aromatic nitrogens is 1. The molecule has 2 amide bonds. The number of rotatable bonds is 11. The van der Waals surface area contributed by atoms with Gasteiger partial charge in [0.15, 0.2) is 0 Å². The molecule has 0 saturated heterocycles. The van der Waals surface area contributed by atoms with Crippen molar-refractivity contribution in [1.29, 1.82) is 0 Å². The molecule has 0 saturated carbocycles. The molecule has 1 heterocycles. The predicted molar refractivity (Wildman–Crippen MR) is 156 cm³/mol. The average molecular weight is 589 g/mol. The average Bonchev–Trinajstić information content (AvgIpc) is 3.36. The van der Waals surface area contributed by atoms with Gasteiger partial charge in [-0.3, -0.25) is 19.0 Å². The molecule has 0 radical (unpaired) electrons. The first-order chi connectivity index (χ1) is 18.7. The van der Waals surface area contributed by atoms with Gasteiger partial charge in [-0.2, -0.15) is 8.42 Å². The van der Waals surface area contributed by atoms with Crippen molar-refractivity contribution in [3.05, 3.63) is 81.8 Å². The van der Waals surface area contributed by atoms with Gasteiger partial charge < -0.3 is 10.1 Å². The van der Waals surface area contributed by atoms with Crippen LogP contribution in [0.3, 0.4) is 0 Å². The number of likely N-dealkylation sites (N-methyl/N-ethyl adjacent to an activating group) is 1. The SMILES string of the molecule is CCc1nc(C(Cc2ccc(NS(=O)(=O)O)cc2)NC(=O)C(Cc2ccccc2)N(C)C(=O)OC(C)(C)C)cs1. The maximum absolute atomic E-state index is 13.8. The molecular weight excluding hydrogens is 552 g/mol. The minimum atomic E-state index is -4.39. The van der Waals surface area contributed by atoms with Gasteiger partial charge in [-0.15, -0.1) is 11.3 Å². The van der Waals surface area contributed by atoms with Crippen molar-refractivity contribution in [3.63, 3.8) is 0 Å². The molecule has 3 rings (SSSR count). The number of nitrogens with one attached hydrogen (secondary N) is 2. The molecule has 2 unspecified atom stereocenters. The summed E-state index contributed by atoms with van der Waals surface area (Å²) in [4.78, 5) is 32.8. The van der Waals surface area contributed by atoms with Gasteiger partial charge in [0.2, 0.25) is 5.91 Å². The molecule has 0 aliphatic heterocycles. The number of thiazole rings is 1. The Labute approximate surface area is 239 Å². The third-order valence-electron chi connectivity index (χ3n) is 5.91. The first kappa shape index (κ1) is 31.1. The zero-order valence-corrected chi connectivity index (χ0v) is 24.9. The maximum Gasteiger partial charge on any atom is 0.410 e. The summed E-state index contributed by atoms with van der Waals surface area (Å²) in [6.45, 7) is 7.31. The highest BCUT2D eigenvalue weighted by Gasteiger charge is 2.32. The van der Waals surface area contributed by atoms with Crippen LogP contribution < -0.4 is 10.0 Å². The lowest BCUT2D eigenvalue weighted by molar-refractivity contribution is -0.126. The summed E-state index contributed by atoms with van der Waals surface area (Å²) in [5, 5.41) is 5.92. The van der Waals surface area contributed by atoms with Crippen molar-refractivity contribution in [2.45, 2.75) is 64.6 Å². The van der Waals surface area contributed by atoms with Crippen molar-refractivity contribution in [3.8, 4) is 0 Å². The number of nitrogens with zero attached hydrogens (tertiary/aromatic N) is 2. The second-order valence-electron chi connectivity index (χ2n) is 10.4. The van der Waals surface area contributed by atoms with E-state index in [0.29, 0.717) is 12.1 Å². The minimum absolute atomic E-state index is 0.204. The van der Waals surface area contributed by atoms with Crippen molar-refractivity contribution < 1.29 is 27.3 Å². The molecule has 216 valence electrons. The van der Waals surface area contributed by atoms with Gasteiger partial charge in [-0.05, 0) is 56.9 Å². The summed E-state index contributed by atoms with van der Waals surface area (Å²) < 4.78 is 38.8. The van der Waals surface area contributed by atoms with Crippen LogP contribution in [0.5, 0.6) is 0 Å².